The summed E-state index contributed by atoms with van der Waals surface area (Å²) in [5.41, 5.74) is 1.83. The summed E-state index contributed by atoms with van der Waals surface area (Å²) in [5.74, 6) is -0.162. The van der Waals surface area contributed by atoms with Crippen molar-refractivity contribution < 1.29 is 9.50 Å². The van der Waals surface area contributed by atoms with Gasteiger partial charge in [0, 0.05) is 12.6 Å². The Morgan fingerprint density at radius 2 is 2.17 bits per heavy atom. The molecule has 0 bridgehead atoms. The van der Waals surface area contributed by atoms with Gasteiger partial charge in [-0.25, -0.2) is 4.39 Å². The lowest BCUT2D eigenvalue weighted by Gasteiger charge is -2.38. The number of rotatable bonds is 3. The van der Waals surface area contributed by atoms with E-state index in [0.717, 1.165) is 44.1 Å². The summed E-state index contributed by atoms with van der Waals surface area (Å²) in [6.45, 7) is 0.633. The highest BCUT2D eigenvalue weighted by atomic mass is 19.1. The molecule has 1 saturated carbocycles. The van der Waals surface area contributed by atoms with Crippen LogP contribution in [0.1, 0.15) is 49.3 Å². The molecule has 0 heterocycles. The Bertz CT molecular complexity index is 442. The van der Waals surface area contributed by atoms with Crippen LogP contribution in [0.25, 0.3) is 0 Å². The molecule has 0 saturated heterocycles. The zero-order valence-electron chi connectivity index (χ0n) is 10.6. The van der Waals surface area contributed by atoms with Crippen molar-refractivity contribution in [3.05, 3.63) is 35.1 Å². The molecule has 2 aliphatic rings. The van der Waals surface area contributed by atoms with E-state index >= 15 is 0 Å². The molecule has 3 heteroatoms. The Hall–Kier alpha value is -0.930. The summed E-state index contributed by atoms with van der Waals surface area (Å²) in [6, 6.07) is 5.29. The van der Waals surface area contributed by atoms with E-state index < -0.39 is 5.60 Å². The minimum atomic E-state index is -0.509. The Kier molecular flexibility index (Phi) is 3.12. The maximum Gasteiger partial charge on any atom is 0.123 e. The van der Waals surface area contributed by atoms with Gasteiger partial charge >= 0.3 is 0 Å². The topological polar surface area (TPSA) is 32.3 Å². The molecule has 3 rings (SSSR count). The lowest BCUT2D eigenvalue weighted by atomic mass is 9.79. The van der Waals surface area contributed by atoms with Crippen LogP contribution in [0.15, 0.2) is 18.2 Å². The number of nitrogens with one attached hydrogen (secondary N) is 1. The van der Waals surface area contributed by atoms with Gasteiger partial charge in [-0.15, -0.1) is 0 Å². The molecule has 1 aromatic carbocycles. The van der Waals surface area contributed by atoms with Gasteiger partial charge in [-0.05, 0) is 61.8 Å². The third kappa shape index (κ3) is 2.29. The van der Waals surface area contributed by atoms with E-state index in [9.17, 15) is 9.50 Å². The van der Waals surface area contributed by atoms with Gasteiger partial charge < -0.3 is 10.4 Å². The van der Waals surface area contributed by atoms with Gasteiger partial charge in [0.15, 0.2) is 0 Å². The number of aryl methyl sites for hydroxylation is 1. The molecular weight excluding hydrogens is 229 g/mol. The third-order valence-electron chi connectivity index (χ3n) is 4.38. The molecular formula is C15H20FNO. The molecule has 0 spiro atoms. The molecule has 18 heavy (non-hydrogen) atoms. The van der Waals surface area contributed by atoms with E-state index in [2.05, 4.69) is 5.32 Å². The first-order valence-electron chi connectivity index (χ1n) is 6.90. The van der Waals surface area contributed by atoms with Gasteiger partial charge in [0.05, 0.1) is 5.60 Å². The van der Waals surface area contributed by atoms with Crippen molar-refractivity contribution in [2.24, 2.45) is 0 Å². The highest BCUT2D eigenvalue weighted by Gasteiger charge is 2.35. The molecule has 1 atom stereocenters. The molecule has 0 aliphatic heterocycles. The molecule has 2 aliphatic carbocycles. The van der Waals surface area contributed by atoms with Crippen molar-refractivity contribution in [2.45, 2.75) is 50.2 Å². The van der Waals surface area contributed by atoms with E-state index in [1.165, 1.54) is 5.56 Å². The summed E-state index contributed by atoms with van der Waals surface area (Å²) < 4.78 is 13.3. The number of hydrogen-bond donors (Lipinski definition) is 2. The lowest BCUT2D eigenvalue weighted by Crippen LogP contribution is -2.47. The van der Waals surface area contributed by atoms with Crippen LogP contribution < -0.4 is 5.32 Å². The van der Waals surface area contributed by atoms with Gasteiger partial charge in [-0.3, -0.25) is 0 Å². The third-order valence-corrected chi connectivity index (χ3v) is 4.38. The Labute approximate surface area is 107 Å². The normalized spacial score (nSPS) is 25.3. The molecule has 98 valence electrons. The Balaban J connectivity index is 1.72. The van der Waals surface area contributed by atoms with Crippen LogP contribution in [-0.4, -0.2) is 17.3 Å². The minimum absolute atomic E-state index is 0.162. The summed E-state index contributed by atoms with van der Waals surface area (Å²) >= 11 is 0. The quantitative estimate of drug-likeness (QED) is 0.863. The molecule has 2 N–H and O–H groups in total. The minimum Gasteiger partial charge on any atom is -0.389 e. The van der Waals surface area contributed by atoms with Crippen LogP contribution in [0.2, 0.25) is 0 Å². The summed E-state index contributed by atoms with van der Waals surface area (Å²) in [5, 5.41) is 13.5. The van der Waals surface area contributed by atoms with E-state index in [1.807, 2.05) is 6.07 Å². The number of hydrogen-bond acceptors (Lipinski definition) is 2. The van der Waals surface area contributed by atoms with Crippen molar-refractivity contribution in [1.82, 2.24) is 5.32 Å². The lowest BCUT2D eigenvalue weighted by molar-refractivity contribution is -0.0336. The maximum atomic E-state index is 13.3. The van der Waals surface area contributed by atoms with Crippen molar-refractivity contribution in [2.75, 3.05) is 6.54 Å². The van der Waals surface area contributed by atoms with E-state index in [-0.39, 0.29) is 11.9 Å². The van der Waals surface area contributed by atoms with Crippen LogP contribution >= 0.6 is 0 Å². The van der Waals surface area contributed by atoms with E-state index in [4.69, 9.17) is 0 Å². The second kappa shape index (κ2) is 4.63. The van der Waals surface area contributed by atoms with E-state index in [1.54, 1.807) is 12.1 Å². The number of benzene rings is 1. The average Bonchev–Trinajstić information content (AvgIpc) is 2.34. The van der Waals surface area contributed by atoms with Crippen molar-refractivity contribution in [1.29, 1.82) is 0 Å². The molecule has 1 fully saturated rings. The molecule has 1 aromatic rings. The fourth-order valence-electron chi connectivity index (χ4n) is 3.06. The molecule has 1 unspecified atom stereocenters. The van der Waals surface area contributed by atoms with Crippen LogP contribution in [0.5, 0.6) is 0 Å². The van der Waals surface area contributed by atoms with Gasteiger partial charge in [0.2, 0.25) is 0 Å². The first-order chi connectivity index (χ1) is 8.66. The predicted molar refractivity (Wildman–Crippen MR) is 68.9 cm³/mol. The summed E-state index contributed by atoms with van der Waals surface area (Å²) in [7, 11) is 0. The Morgan fingerprint density at radius 1 is 1.33 bits per heavy atom. The molecule has 0 radical (unpaired) electrons. The fourth-order valence-corrected chi connectivity index (χ4v) is 3.06. The zero-order chi connectivity index (χ0) is 12.6. The number of halogens is 1. The molecule has 2 nitrogen and oxygen atoms in total. The highest BCUT2D eigenvalue weighted by Crippen LogP contribution is 2.34. The largest absolute Gasteiger partial charge is 0.389 e. The van der Waals surface area contributed by atoms with Gasteiger partial charge in [-0.2, -0.15) is 0 Å². The smallest absolute Gasteiger partial charge is 0.123 e. The zero-order valence-corrected chi connectivity index (χ0v) is 10.6. The monoisotopic (exact) mass is 249 g/mol. The van der Waals surface area contributed by atoms with Crippen molar-refractivity contribution >= 4 is 0 Å². The first kappa shape index (κ1) is 12.1. The number of aliphatic hydroxyl groups is 1. The predicted octanol–water partition coefficient (Wildman–Crippen LogP) is 2.71. The van der Waals surface area contributed by atoms with Crippen LogP contribution in [0.4, 0.5) is 4.39 Å². The summed E-state index contributed by atoms with van der Waals surface area (Å²) in [4.78, 5) is 0. The molecule has 0 aromatic heterocycles. The van der Waals surface area contributed by atoms with Crippen molar-refractivity contribution in [3.63, 3.8) is 0 Å². The van der Waals surface area contributed by atoms with E-state index in [0.29, 0.717) is 6.54 Å². The van der Waals surface area contributed by atoms with Crippen LogP contribution in [0, 0.1) is 5.82 Å². The molecule has 0 amide bonds. The SMILES string of the molecule is OC1(CNC2CCCc3ccc(F)cc32)CCC1. The van der Waals surface area contributed by atoms with Crippen LogP contribution in [-0.2, 0) is 6.42 Å². The van der Waals surface area contributed by atoms with Crippen molar-refractivity contribution in [3.8, 4) is 0 Å². The first-order valence-corrected chi connectivity index (χ1v) is 6.90. The maximum absolute atomic E-state index is 13.3. The standard InChI is InChI=1S/C15H20FNO/c16-12-6-5-11-3-1-4-14(13(11)9-12)17-10-15(18)7-2-8-15/h5-6,9,14,17-18H,1-4,7-8,10H2. The number of fused-ring (bicyclic) bond motifs is 1. The highest BCUT2D eigenvalue weighted by molar-refractivity contribution is 5.32. The van der Waals surface area contributed by atoms with Crippen LogP contribution in [0.3, 0.4) is 0 Å². The average molecular weight is 249 g/mol. The Morgan fingerprint density at radius 3 is 2.89 bits per heavy atom. The van der Waals surface area contributed by atoms with Gasteiger partial charge in [0.1, 0.15) is 5.82 Å². The fraction of sp³-hybridized carbons (Fsp3) is 0.600. The van der Waals surface area contributed by atoms with Gasteiger partial charge in [-0.1, -0.05) is 6.07 Å². The summed E-state index contributed by atoms with van der Waals surface area (Å²) in [6.07, 6.45) is 6.11. The second-order valence-electron chi connectivity index (χ2n) is 5.75. The van der Waals surface area contributed by atoms with Gasteiger partial charge in [0.25, 0.3) is 0 Å². The second-order valence-corrected chi connectivity index (χ2v) is 5.75.